The molecule has 120 valence electrons. The number of carboxylic acids is 1. The molecule has 0 radical (unpaired) electrons. The highest BCUT2D eigenvalue weighted by molar-refractivity contribution is 7.88. The van der Waals surface area contributed by atoms with E-state index in [9.17, 15) is 18.0 Å². The number of rotatable bonds is 4. The SMILES string of the molecule is CS(=O)(=O)NCC(=O)N1CCC2(CC1)CNC(C(=O)O)C2. The molecule has 2 saturated heterocycles. The van der Waals surface area contributed by atoms with E-state index in [1.807, 2.05) is 0 Å². The summed E-state index contributed by atoms with van der Waals surface area (Å²) in [6.45, 7) is 1.52. The first-order chi connectivity index (χ1) is 9.71. The van der Waals surface area contributed by atoms with Gasteiger partial charge in [-0.05, 0) is 24.7 Å². The van der Waals surface area contributed by atoms with Crippen molar-refractivity contribution < 1.29 is 23.1 Å². The second-order valence-corrected chi connectivity index (χ2v) is 7.78. The van der Waals surface area contributed by atoms with E-state index in [-0.39, 0.29) is 17.9 Å². The van der Waals surface area contributed by atoms with Crippen molar-refractivity contribution in [3.63, 3.8) is 0 Å². The first kappa shape index (κ1) is 16.2. The van der Waals surface area contributed by atoms with Gasteiger partial charge in [0.2, 0.25) is 15.9 Å². The summed E-state index contributed by atoms with van der Waals surface area (Å²) in [5, 5.41) is 12.0. The van der Waals surface area contributed by atoms with Crippen molar-refractivity contribution in [1.29, 1.82) is 0 Å². The van der Waals surface area contributed by atoms with Crippen molar-refractivity contribution in [2.24, 2.45) is 5.41 Å². The molecule has 2 rings (SSSR count). The third kappa shape index (κ3) is 4.14. The molecule has 1 unspecified atom stereocenters. The fraction of sp³-hybridized carbons (Fsp3) is 0.833. The van der Waals surface area contributed by atoms with Crippen LogP contribution in [-0.4, -0.2) is 68.8 Å². The van der Waals surface area contributed by atoms with E-state index >= 15 is 0 Å². The largest absolute Gasteiger partial charge is 0.480 e. The zero-order valence-corrected chi connectivity index (χ0v) is 12.8. The molecule has 0 aromatic rings. The molecule has 0 aromatic carbocycles. The Morgan fingerprint density at radius 1 is 1.38 bits per heavy atom. The minimum absolute atomic E-state index is 0.0515. The summed E-state index contributed by atoms with van der Waals surface area (Å²) in [7, 11) is -3.37. The molecule has 9 heteroatoms. The molecule has 21 heavy (non-hydrogen) atoms. The van der Waals surface area contributed by atoms with Gasteiger partial charge in [0.1, 0.15) is 6.04 Å². The molecule has 2 fully saturated rings. The Bertz CT molecular complexity index is 525. The number of carboxylic acid groups (broad SMARTS) is 1. The molecule has 3 N–H and O–H groups in total. The van der Waals surface area contributed by atoms with Gasteiger partial charge in [-0.2, -0.15) is 0 Å². The molecule has 0 aromatic heterocycles. The minimum Gasteiger partial charge on any atom is -0.480 e. The molecule has 2 heterocycles. The molecular formula is C12H21N3O5S. The van der Waals surface area contributed by atoms with Gasteiger partial charge in [-0.15, -0.1) is 0 Å². The molecular weight excluding hydrogens is 298 g/mol. The number of aliphatic carboxylic acids is 1. The summed E-state index contributed by atoms with van der Waals surface area (Å²) in [6, 6.07) is -0.501. The number of hydrogen-bond acceptors (Lipinski definition) is 5. The Balaban J connectivity index is 1.83. The van der Waals surface area contributed by atoms with Crippen LogP contribution in [0.15, 0.2) is 0 Å². The van der Waals surface area contributed by atoms with Crippen molar-refractivity contribution in [3.8, 4) is 0 Å². The van der Waals surface area contributed by atoms with Gasteiger partial charge in [-0.3, -0.25) is 9.59 Å². The van der Waals surface area contributed by atoms with Crippen LogP contribution in [0.5, 0.6) is 0 Å². The summed E-state index contributed by atoms with van der Waals surface area (Å²) in [5.74, 6) is -1.07. The van der Waals surface area contributed by atoms with Gasteiger partial charge in [-0.1, -0.05) is 0 Å². The molecule has 8 nitrogen and oxygen atoms in total. The summed E-state index contributed by atoms with van der Waals surface area (Å²) in [6.07, 6.45) is 3.09. The fourth-order valence-electron chi connectivity index (χ4n) is 3.01. The number of carbonyl (C=O) groups is 2. The van der Waals surface area contributed by atoms with Crippen LogP contribution < -0.4 is 10.0 Å². The fourth-order valence-corrected chi connectivity index (χ4v) is 3.39. The van der Waals surface area contributed by atoms with E-state index in [1.165, 1.54) is 0 Å². The lowest BCUT2D eigenvalue weighted by molar-refractivity contribution is -0.139. The highest BCUT2D eigenvalue weighted by atomic mass is 32.2. The number of hydrogen-bond donors (Lipinski definition) is 3. The maximum Gasteiger partial charge on any atom is 0.320 e. The number of nitrogens with zero attached hydrogens (tertiary/aromatic N) is 1. The summed E-state index contributed by atoms with van der Waals surface area (Å²) >= 11 is 0. The van der Waals surface area contributed by atoms with Crippen LogP contribution in [0.25, 0.3) is 0 Å². The average molecular weight is 319 g/mol. The van der Waals surface area contributed by atoms with Gasteiger partial charge in [-0.25, -0.2) is 13.1 Å². The van der Waals surface area contributed by atoms with E-state index < -0.39 is 22.0 Å². The van der Waals surface area contributed by atoms with Crippen LogP contribution >= 0.6 is 0 Å². The quantitative estimate of drug-likeness (QED) is 0.586. The number of sulfonamides is 1. The zero-order valence-electron chi connectivity index (χ0n) is 12.0. The molecule has 2 aliphatic rings. The number of piperidine rings is 1. The van der Waals surface area contributed by atoms with E-state index in [0.29, 0.717) is 26.1 Å². The topological polar surface area (TPSA) is 116 Å². The first-order valence-corrected chi connectivity index (χ1v) is 8.79. The molecule has 1 atom stereocenters. The van der Waals surface area contributed by atoms with Gasteiger partial charge in [0.15, 0.2) is 0 Å². The van der Waals surface area contributed by atoms with Gasteiger partial charge >= 0.3 is 5.97 Å². The number of nitrogens with one attached hydrogen (secondary N) is 2. The smallest absolute Gasteiger partial charge is 0.320 e. The van der Waals surface area contributed by atoms with Gasteiger partial charge in [0.25, 0.3) is 0 Å². The van der Waals surface area contributed by atoms with Crippen molar-refractivity contribution in [2.45, 2.75) is 25.3 Å². The maximum absolute atomic E-state index is 11.9. The molecule has 1 amide bonds. The van der Waals surface area contributed by atoms with Gasteiger partial charge in [0.05, 0.1) is 12.8 Å². The third-order valence-corrected chi connectivity index (χ3v) is 4.99. The maximum atomic E-state index is 11.9. The predicted octanol–water partition coefficient (Wildman–Crippen LogP) is -1.41. The van der Waals surface area contributed by atoms with Crippen molar-refractivity contribution in [1.82, 2.24) is 14.9 Å². The standard InChI is InChI=1S/C12H21N3O5S/c1-21(19,20)14-7-10(16)15-4-2-12(3-5-15)6-9(11(17)18)13-8-12/h9,13-14H,2-8H2,1H3,(H,17,18). The van der Waals surface area contributed by atoms with Crippen LogP contribution in [0.1, 0.15) is 19.3 Å². The lowest BCUT2D eigenvalue weighted by atomic mass is 9.76. The van der Waals surface area contributed by atoms with Crippen LogP contribution in [0.4, 0.5) is 0 Å². The van der Waals surface area contributed by atoms with Crippen LogP contribution in [0.2, 0.25) is 0 Å². The number of likely N-dealkylation sites (tertiary alicyclic amines) is 1. The Morgan fingerprint density at radius 2 is 2.00 bits per heavy atom. The van der Waals surface area contributed by atoms with Gasteiger partial charge in [0, 0.05) is 19.6 Å². The van der Waals surface area contributed by atoms with Crippen molar-refractivity contribution >= 4 is 21.9 Å². The Hall–Kier alpha value is -1.19. The van der Waals surface area contributed by atoms with Crippen LogP contribution in [0, 0.1) is 5.41 Å². The van der Waals surface area contributed by atoms with E-state index in [2.05, 4.69) is 10.0 Å². The molecule has 1 spiro atoms. The lowest BCUT2D eigenvalue weighted by Crippen LogP contribution is -2.47. The van der Waals surface area contributed by atoms with Crippen LogP contribution in [0.3, 0.4) is 0 Å². The van der Waals surface area contributed by atoms with Crippen molar-refractivity contribution in [3.05, 3.63) is 0 Å². The molecule has 0 saturated carbocycles. The second-order valence-electron chi connectivity index (χ2n) is 5.95. The molecule has 0 aliphatic carbocycles. The van der Waals surface area contributed by atoms with E-state index in [1.54, 1.807) is 4.90 Å². The highest BCUT2D eigenvalue weighted by Crippen LogP contribution is 2.39. The summed E-state index contributed by atoms with van der Waals surface area (Å²) < 4.78 is 24.1. The lowest BCUT2D eigenvalue weighted by Gasteiger charge is -2.39. The monoisotopic (exact) mass is 319 g/mol. The highest BCUT2D eigenvalue weighted by Gasteiger charge is 2.44. The van der Waals surface area contributed by atoms with Crippen LogP contribution in [-0.2, 0) is 19.6 Å². The zero-order chi connectivity index (χ0) is 15.7. The van der Waals surface area contributed by atoms with Crippen molar-refractivity contribution in [2.75, 3.05) is 32.4 Å². The molecule has 2 aliphatic heterocycles. The summed E-state index contributed by atoms with van der Waals surface area (Å²) in [4.78, 5) is 24.5. The second kappa shape index (κ2) is 5.90. The van der Waals surface area contributed by atoms with Gasteiger partial charge < -0.3 is 15.3 Å². The van der Waals surface area contributed by atoms with E-state index in [0.717, 1.165) is 19.1 Å². The minimum atomic E-state index is -3.37. The predicted molar refractivity (Wildman–Crippen MR) is 75.1 cm³/mol. The number of carbonyl (C=O) groups excluding carboxylic acids is 1. The Morgan fingerprint density at radius 3 is 2.48 bits per heavy atom. The number of amides is 1. The molecule has 0 bridgehead atoms. The average Bonchev–Trinajstić information content (AvgIpc) is 2.80. The Kier molecular flexibility index (Phi) is 4.54. The summed E-state index contributed by atoms with van der Waals surface area (Å²) in [5.41, 5.74) is -0.0515. The normalized spacial score (nSPS) is 25.2. The van der Waals surface area contributed by atoms with E-state index in [4.69, 9.17) is 5.11 Å². The third-order valence-electron chi connectivity index (χ3n) is 4.32. The Labute approximate surface area is 123 Å². The first-order valence-electron chi connectivity index (χ1n) is 6.89.